The van der Waals surface area contributed by atoms with Gasteiger partial charge < -0.3 is 5.11 Å². The highest BCUT2D eigenvalue weighted by Gasteiger charge is 2.28. The summed E-state index contributed by atoms with van der Waals surface area (Å²) in [6.07, 6.45) is 2.72. The standard InChI is InChI=1S/C15H22N2O2/c1-10-6-11(2)12(3)17(8-10)9-14-5-4-13(7-16-14)15(18)19/h4-5,7,10-12H,6,8-9H2,1-3H3,(H,18,19). The lowest BCUT2D eigenvalue weighted by atomic mass is 9.86. The van der Waals surface area contributed by atoms with Gasteiger partial charge in [0.05, 0.1) is 11.3 Å². The predicted molar refractivity (Wildman–Crippen MR) is 74.0 cm³/mol. The minimum absolute atomic E-state index is 0.247. The van der Waals surface area contributed by atoms with Crippen molar-refractivity contribution < 1.29 is 9.90 Å². The number of aromatic carboxylic acids is 1. The van der Waals surface area contributed by atoms with Gasteiger partial charge in [-0.1, -0.05) is 13.8 Å². The van der Waals surface area contributed by atoms with E-state index in [1.165, 1.54) is 12.6 Å². The Morgan fingerprint density at radius 3 is 2.74 bits per heavy atom. The molecule has 1 N–H and O–H groups in total. The van der Waals surface area contributed by atoms with Crippen molar-refractivity contribution in [3.63, 3.8) is 0 Å². The Hall–Kier alpha value is -1.42. The van der Waals surface area contributed by atoms with Crippen LogP contribution in [0.1, 0.15) is 43.2 Å². The number of piperidine rings is 1. The molecule has 1 aliphatic heterocycles. The van der Waals surface area contributed by atoms with Crippen LogP contribution in [0.5, 0.6) is 0 Å². The summed E-state index contributed by atoms with van der Waals surface area (Å²) in [7, 11) is 0. The molecule has 1 saturated heterocycles. The summed E-state index contributed by atoms with van der Waals surface area (Å²) in [5.74, 6) is 0.485. The molecule has 0 aliphatic carbocycles. The van der Waals surface area contributed by atoms with E-state index in [4.69, 9.17) is 5.11 Å². The molecule has 0 saturated carbocycles. The third-order valence-corrected chi connectivity index (χ3v) is 4.16. The number of hydrogen-bond acceptors (Lipinski definition) is 3. The Labute approximate surface area is 114 Å². The molecule has 1 fully saturated rings. The summed E-state index contributed by atoms with van der Waals surface area (Å²) in [5.41, 5.74) is 1.19. The van der Waals surface area contributed by atoms with Gasteiger partial charge in [0.2, 0.25) is 0 Å². The van der Waals surface area contributed by atoms with E-state index in [0.29, 0.717) is 17.9 Å². The smallest absolute Gasteiger partial charge is 0.337 e. The number of rotatable bonds is 3. The van der Waals surface area contributed by atoms with Gasteiger partial charge in [-0.15, -0.1) is 0 Å². The van der Waals surface area contributed by atoms with Crippen molar-refractivity contribution in [2.75, 3.05) is 6.54 Å². The number of carbonyl (C=O) groups is 1. The fourth-order valence-corrected chi connectivity index (χ4v) is 2.89. The van der Waals surface area contributed by atoms with E-state index in [9.17, 15) is 4.79 Å². The first-order chi connectivity index (χ1) is 8.97. The van der Waals surface area contributed by atoms with Crippen LogP contribution in [0.25, 0.3) is 0 Å². The number of likely N-dealkylation sites (tertiary alicyclic amines) is 1. The van der Waals surface area contributed by atoms with Gasteiger partial charge in [0.15, 0.2) is 0 Å². The lowest BCUT2D eigenvalue weighted by molar-refractivity contribution is 0.0694. The van der Waals surface area contributed by atoms with Crippen molar-refractivity contribution in [3.05, 3.63) is 29.6 Å². The van der Waals surface area contributed by atoms with Crippen molar-refractivity contribution in [3.8, 4) is 0 Å². The second kappa shape index (κ2) is 5.70. The van der Waals surface area contributed by atoms with Crippen molar-refractivity contribution in [2.24, 2.45) is 11.8 Å². The second-order valence-corrected chi connectivity index (χ2v) is 5.83. The van der Waals surface area contributed by atoms with E-state index in [1.807, 2.05) is 6.07 Å². The van der Waals surface area contributed by atoms with Crippen LogP contribution in [0.2, 0.25) is 0 Å². The highest BCUT2D eigenvalue weighted by molar-refractivity contribution is 5.87. The summed E-state index contributed by atoms with van der Waals surface area (Å²) in [4.78, 5) is 17.5. The summed E-state index contributed by atoms with van der Waals surface area (Å²) < 4.78 is 0. The molecule has 4 heteroatoms. The molecule has 0 aromatic carbocycles. The molecule has 2 rings (SSSR count). The summed E-state index contributed by atoms with van der Waals surface area (Å²) >= 11 is 0. The van der Waals surface area contributed by atoms with E-state index in [0.717, 1.165) is 18.8 Å². The zero-order valence-electron chi connectivity index (χ0n) is 11.8. The number of hydrogen-bond donors (Lipinski definition) is 1. The quantitative estimate of drug-likeness (QED) is 0.910. The average molecular weight is 262 g/mol. The topological polar surface area (TPSA) is 53.4 Å². The first-order valence-corrected chi connectivity index (χ1v) is 6.89. The normalized spacial score (nSPS) is 28.3. The Morgan fingerprint density at radius 1 is 1.42 bits per heavy atom. The molecule has 2 heterocycles. The first-order valence-electron chi connectivity index (χ1n) is 6.89. The van der Waals surface area contributed by atoms with Gasteiger partial charge in [0.25, 0.3) is 0 Å². The van der Waals surface area contributed by atoms with Crippen LogP contribution >= 0.6 is 0 Å². The van der Waals surface area contributed by atoms with Gasteiger partial charge in [-0.05, 0) is 37.3 Å². The first kappa shape index (κ1) is 14.0. The molecule has 1 aliphatic rings. The van der Waals surface area contributed by atoms with Gasteiger partial charge >= 0.3 is 5.97 Å². The third kappa shape index (κ3) is 3.32. The van der Waals surface area contributed by atoms with Gasteiger partial charge in [-0.25, -0.2) is 4.79 Å². The number of pyridine rings is 1. The summed E-state index contributed by atoms with van der Waals surface area (Å²) in [6, 6.07) is 4.00. The van der Waals surface area contributed by atoms with Crippen LogP contribution in [-0.2, 0) is 6.54 Å². The van der Waals surface area contributed by atoms with Crippen LogP contribution in [0.15, 0.2) is 18.3 Å². The van der Waals surface area contributed by atoms with E-state index in [2.05, 4.69) is 30.7 Å². The fraction of sp³-hybridized carbons (Fsp3) is 0.600. The molecule has 0 spiro atoms. The zero-order chi connectivity index (χ0) is 14.0. The van der Waals surface area contributed by atoms with E-state index >= 15 is 0 Å². The van der Waals surface area contributed by atoms with Crippen LogP contribution in [-0.4, -0.2) is 33.5 Å². The van der Waals surface area contributed by atoms with Gasteiger partial charge in [0.1, 0.15) is 0 Å². The molecule has 0 amide bonds. The van der Waals surface area contributed by atoms with E-state index in [1.54, 1.807) is 6.07 Å². The van der Waals surface area contributed by atoms with E-state index < -0.39 is 5.97 Å². The summed E-state index contributed by atoms with van der Waals surface area (Å²) in [6.45, 7) is 8.75. The molecule has 1 aromatic heterocycles. The van der Waals surface area contributed by atoms with Crippen molar-refractivity contribution in [1.82, 2.24) is 9.88 Å². The van der Waals surface area contributed by atoms with Gasteiger partial charge in [-0.2, -0.15) is 0 Å². The van der Waals surface area contributed by atoms with Crippen LogP contribution < -0.4 is 0 Å². The lowest BCUT2D eigenvalue weighted by Gasteiger charge is -2.40. The molecule has 0 bridgehead atoms. The maximum absolute atomic E-state index is 10.8. The highest BCUT2D eigenvalue weighted by Crippen LogP contribution is 2.27. The minimum Gasteiger partial charge on any atom is -0.478 e. The lowest BCUT2D eigenvalue weighted by Crippen LogP contribution is -2.45. The molecule has 3 unspecified atom stereocenters. The van der Waals surface area contributed by atoms with Crippen LogP contribution in [0.3, 0.4) is 0 Å². The summed E-state index contributed by atoms with van der Waals surface area (Å²) in [5, 5.41) is 8.86. The zero-order valence-corrected chi connectivity index (χ0v) is 11.8. The Bertz CT molecular complexity index is 444. The van der Waals surface area contributed by atoms with Crippen LogP contribution in [0, 0.1) is 11.8 Å². The van der Waals surface area contributed by atoms with Crippen LogP contribution in [0.4, 0.5) is 0 Å². The second-order valence-electron chi connectivity index (χ2n) is 5.83. The molecular weight excluding hydrogens is 240 g/mol. The Kier molecular flexibility index (Phi) is 4.20. The monoisotopic (exact) mass is 262 g/mol. The third-order valence-electron chi connectivity index (χ3n) is 4.16. The SMILES string of the molecule is CC1CC(C)C(C)N(Cc2ccc(C(=O)O)cn2)C1. The number of carboxylic acids is 1. The molecule has 0 radical (unpaired) electrons. The minimum atomic E-state index is -0.923. The molecular formula is C15H22N2O2. The predicted octanol–water partition coefficient (Wildman–Crippen LogP) is 2.65. The van der Waals surface area contributed by atoms with Crippen molar-refractivity contribution >= 4 is 5.97 Å². The molecule has 19 heavy (non-hydrogen) atoms. The Balaban J connectivity index is 2.05. The molecule has 104 valence electrons. The largest absolute Gasteiger partial charge is 0.478 e. The van der Waals surface area contributed by atoms with E-state index in [-0.39, 0.29) is 5.56 Å². The van der Waals surface area contributed by atoms with Gasteiger partial charge in [0, 0.05) is 25.3 Å². The highest BCUT2D eigenvalue weighted by atomic mass is 16.4. The molecule has 4 nitrogen and oxygen atoms in total. The number of aromatic nitrogens is 1. The average Bonchev–Trinajstić information content (AvgIpc) is 2.36. The van der Waals surface area contributed by atoms with Gasteiger partial charge in [-0.3, -0.25) is 9.88 Å². The Morgan fingerprint density at radius 2 is 2.16 bits per heavy atom. The fourth-order valence-electron chi connectivity index (χ4n) is 2.89. The number of carboxylic acid groups (broad SMARTS) is 1. The maximum atomic E-state index is 10.8. The van der Waals surface area contributed by atoms with Crippen molar-refractivity contribution in [1.29, 1.82) is 0 Å². The van der Waals surface area contributed by atoms with Crippen molar-refractivity contribution in [2.45, 2.75) is 39.8 Å². The molecule has 1 aromatic rings. The molecule has 3 atom stereocenters. The maximum Gasteiger partial charge on any atom is 0.337 e. The number of nitrogens with zero attached hydrogens (tertiary/aromatic N) is 2.